The van der Waals surface area contributed by atoms with Gasteiger partial charge in [-0.1, -0.05) is 6.92 Å². The van der Waals surface area contributed by atoms with Crippen LogP contribution in [0.4, 0.5) is 15.8 Å². The summed E-state index contributed by atoms with van der Waals surface area (Å²) in [7, 11) is 0. The number of nitrogens with zero attached hydrogens (tertiary/aromatic N) is 1. The van der Waals surface area contributed by atoms with Gasteiger partial charge < -0.3 is 15.7 Å². The van der Waals surface area contributed by atoms with E-state index in [0.717, 1.165) is 25.2 Å². The van der Waals surface area contributed by atoms with Gasteiger partial charge in [0.15, 0.2) is 0 Å². The summed E-state index contributed by atoms with van der Waals surface area (Å²) >= 11 is 3.17. The molecule has 0 aromatic heterocycles. The van der Waals surface area contributed by atoms with E-state index in [1.807, 2.05) is 6.92 Å². The Morgan fingerprint density at radius 2 is 2.24 bits per heavy atom. The lowest BCUT2D eigenvalue weighted by Gasteiger charge is -2.36. The minimum absolute atomic E-state index is 0.201. The predicted molar refractivity (Wildman–Crippen MR) is 70.5 cm³/mol. The fraction of sp³-hybridized carbons (Fsp3) is 0.500. The maximum absolute atomic E-state index is 13.3. The minimum atomic E-state index is -0.351. The Bertz CT molecular complexity index is 427. The highest BCUT2D eigenvalue weighted by atomic mass is 79.9. The molecule has 0 spiro atoms. The van der Waals surface area contributed by atoms with Gasteiger partial charge in [0.05, 0.1) is 22.0 Å². The lowest BCUT2D eigenvalue weighted by atomic mass is 9.96. The average molecular weight is 303 g/mol. The molecule has 1 heterocycles. The van der Waals surface area contributed by atoms with E-state index in [-0.39, 0.29) is 17.8 Å². The van der Waals surface area contributed by atoms with Crippen molar-refractivity contribution in [2.24, 2.45) is 5.92 Å². The zero-order valence-electron chi connectivity index (χ0n) is 9.66. The molecule has 0 saturated carbocycles. The first-order valence-corrected chi connectivity index (χ1v) is 6.46. The van der Waals surface area contributed by atoms with Crippen LogP contribution in [0.1, 0.15) is 13.3 Å². The van der Waals surface area contributed by atoms with Crippen LogP contribution in [0, 0.1) is 11.7 Å². The zero-order valence-corrected chi connectivity index (χ0v) is 11.2. The van der Waals surface area contributed by atoms with Crippen molar-refractivity contribution in [1.82, 2.24) is 0 Å². The van der Waals surface area contributed by atoms with Crippen LogP contribution in [-0.2, 0) is 0 Å². The van der Waals surface area contributed by atoms with E-state index in [0.29, 0.717) is 10.2 Å². The monoisotopic (exact) mass is 302 g/mol. The third kappa shape index (κ3) is 2.55. The van der Waals surface area contributed by atoms with Gasteiger partial charge in [0.25, 0.3) is 0 Å². The van der Waals surface area contributed by atoms with Crippen LogP contribution >= 0.6 is 15.9 Å². The van der Waals surface area contributed by atoms with Crippen molar-refractivity contribution < 1.29 is 9.50 Å². The van der Waals surface area contributed by atoms with Crippen molar-refractivity contribution in [2.45, 2.75) is 19.4 Å². The van der Waals surface area contributed by atoms with Crippen molar-refractivity contribution in [3.8, 4) is 0 Å². The Balaban J connectivity index is 2.26. The second kappa shape index (κ2) is 4.82. The number of nitrogens with two attached hydrogens (primary N) is 1. The summed E-state index contributed by atoms with van der Waals surface area (Å²) in [5.74, 6) is -0.150. The quantitative estimate of drug-likeness (QED) is 0.783. The lowest BCUT2D eigenvalue weighted by molar-refractivity contribution is 0.0971. The van der Waals surface area contributed by atoms with Crippen molar-refractivity contribution in [1.29, 1.82) is 0 Å². The molecule has 3 N–H and O–H groups in total. The number of anilines is 2. The normalized spacial score (nSPS) is 25.1. The summed E-state index contributed by atoms with van der Waals surface area (Å²) < 4.78 is 13.7. The standard InChI is InChI=1S/C12H16BrFN2O/c1-7-6-16(3-2-12(7)17)11-4-8(13)9(14)5-10(11)15/h4-5,7,12,17H,2-3,6,15H2,1H3. The van der Waals surface area contributed by atoms with E-state index >= 15 is 0 Å². The second-order valence-electron chi connectivity index (χ2n) is 4.60. The minimum Gasteiger partial charge on any atom is -0.397 e. The van der Waals surface area contributed by atoms with Crippen molar-refractivity contribution in [2.75, 3.05) is 23.7 Å². The van der Waals surface area contributed by atoms with Gasteiger partial charge in [0, 0.05) is 19.2 Å². The molecule has 1 aromatic carbocycles. The summed E-state index contributed by atoms with van der Waals surface area (Å²) in [5, 5.41) is 9.68. The van der Waals surface area contributed by atoms with Gasteiger partial charge in [-0.3, -0.25) is 0 Å². The molecule has 3 nitrogen and oxygen atoms in total. The third-order valence-corrected chi connectivity index (χ3v) is 3.88. The number of halogens is 2. The van der Waals surface area contributed by atoms with Crippen LogP contribution in [0.3, 0.4) is 0 Å². The molecule has 1 aliphatic rings. The van der Waals surface area contributed by atoms with Crippen molar-refractivity contribution in [3.05, 3.63) is 22.4 Å². The Morgan fingerprint density at radius 1 is 1.53 bits per heavy atom. The van der Waals surface area contributed by atoms with E-state index in [4.69, 9.17) is 5.73 Å². The van der Waals surface area contributed by atoms with Gasteiger partial charge in [0.2, 0.25) is 0 Å². The smallest absolute Gasteiger partial charge is 0.139 e. The average Bonchev–Trinajstić information content (AvgIpc) is 2.27. The van der Waals surface area contributed by atoms with Gasteiger partial charge in [-0.05, 0) is 34.3 Å². The van der Waals surface area contributed by atoms with Crippen molar-refractivity contribution >= 4 is 27.3 Å². The third-order valence-electron chi connectivity index (χ3n) is 3.27. The topological polar surface area (TPSA) is 49.5 Å². The van der Waals surface area contributed by atoms with Gasteiger partial charge in [-0.2, -0.15) is 0 Å². The van der Waals surface area contributed by atoms with E-state index < -0.39 is 0 Å². The SMILES string of the molecule is CC1CN(c2cc(Br)c(F)cc2N)CCC1O. The molecule has 1 saturated heterocycles. The summed E-state index contributed by atoms with van der Waals surface area (Å²) in [6, 6.07) is 3.03. The fourth-order valence-corrected chi connectivity index (χ4v) is 2.51. The summed E-state index contributed by atoms with van der Waals surface area (Å²) in [5.41, 5.74) is 7.11. The maximum Gasteiger partial charge on any atom is 0.139 e. The van der Waals surface area contributed by atoms with E-state index in [1.165, 1.54) is 6.07 Å². The number of hydrogen-bond donors (Lipinski definition) is 2. The first-order valence-electron chi connectivity index (χ1n) is 5.66. The molecular weight excluding hydrogens is 287 g/mol. The Morgan fingerprint density at radius 3 is 2.88 bits per heavy atom. The molecule has 2 atom stereocenters. The molecule has 0 bridgehead atoms. The summed E-state index contributed by atoms with van der Waals surface area (Å²) in [6.45, 7) is 3.49. The zero-order chi connectivity index (χ0) is 12.6. The van der Waals surface area contributed by atoms with Crippen LogP contribution in [0.25, 0.3) is 0 Å². The number of hydrogen-bond acceptors (Lipinski definition) is 3. The fourth-order valence-electron chi connectivity index (χ4n) is 2.18. The highest BCUT2D eigenvalue weighted by Crippen LogP contribution is 2.32. The lowest BCUT2D eigenvalue weighted by Crippen LogP contribution is -2.42. The second-order valence-corrected chi connectivity index (χ2v) is 5.46. The van der Waals surface area contributed by atoms with Gasteiger partial charge >= 0.3 is 0 Å². The molecule has 2 rings (SSSR count). The molecule has 2 unspecified atom stereocenters. The first kappa shape index (κ1) is 12.6. The summed E-state index contributed by atoms with van der Waals surface area (Å²) in [4.78, 5) is 2.09. The summed E-state index contributed by atoms with van der Waals surface area (Å²) in [6.07, 6.45) is 0.464. The number of piperidine rings is 1. The molecule has 17 heavy (non-hydrogen) atoms. The number of aliphatic hydroxyl groups is 1. The van der Waals surface area contributed by atoms with Crippen LogP contribution in [-0.4, -0.2) is 24.3 Å². The number of benzene rings is 1. The van der Waals surface area contributed by atoms with Crippen LogP contribution < -0.4 is 10.6 Å². The first-order chi connectivity index (χ1) is 7.99. The molecule has 5 heteroatoms. The highest BCUT2D eigenvalue weighted by molar-refractivity contribution is 9.10. The molecule has 0 amide bonds. The molecule has 0 radical (unpaired) electrons. The number of rotatable bonds is 1. The Labute approximate surface area is 109 Å². The molecule has 1 aromatic rings. The molecule has 0 aliphatic carbocycles. The van der Waals surface area contributed by atoms with Gasteiger partial charge in [-0.15, -0.1) is 0 Å². The molecule has 94 valence electrons. The van der Waals surface area contributed by atoms with E-state index in [9.17, 15) is 9.50 Å². The number of nitrogen functional groups attached to an aromatic ring is 1. The molecular formula is C12H16BrFN2O. The van der Waals surface area contributed by atoms with Crippen molar-refractivity contribution in [3.63, 3.8) is 0 Å². The Kier molecular flexibility index (Phi) is 3.58. The van der Waals surface area contributed by atoms with Gasteiger partial charge in [0.1, 0.15) is 5.82 Å². The van der Waals surface area contributed by atoms with Gasteiger partial charge in [-0.25, -0.2) is 4.39 Å². The molecule has 1 fully saturated rings. The number of aliphatic hydroxyl groups excluding tert-OH is 1. The highest BCUT2D eigenvalue weighted by Gasteiger charge is 2.25. The van der Waals surface area contributed by atoms with E-state index in [1.54, 1.807) is 6.07 Å². The largest absolute Gasteiger partial charge is 0.397 e. The molecule has 1 aliphatic heterocycles. The van der Waals surface area contributed by atoms with Crippen LogP contribution in [0.2, 0.25) is 0 Å². The van der Waals surface area contributed by atoms with Crippen LogP contribution in [0.15, 0.2) is 16.6 Å². The predicted octanol–water partition coefficient (Wildman–Crippen LogP) is 2.38. The maximum atomic E-state index is 13.3. The van der Waals surface area contributed by atoms with E-state index in [2.05, 4.69) is 20.8 Å². The van der Waals surface area contributed by atoms with Crippen LogP contribution in [0.5, 0.6) is 0 Å². The Hall–Kier alpha value is -0.810.